The van der Waals surface area contributed by atoms with Crippen LogP contribution in [-0.2, 0) is 0 Å². The van der Waals surface area contributed by atoms with Crippen molar-refractivity contribution in [1.29, 1.82) is 0 Å². The maximum absolute atomic E-state index is 5.74. The molecule has 0 spiro atoms. The van der Waals surface area contributed by atoms with Crippen LogP contribution in [0.3, 0.4) is 0 Å². The van der Waals surface area contributed by atoms with E-state index >= 15 is 0 Å². The van der Waals surface area contributed by atoms with E-state index in [1.165, 1.54) is 19.6 Å². The summed E-state index contributed by atoms with van der Waals surface area (Å²) in [5, 5.41) is 0. The number of halogens is 1. The van der Waals surface area contributed by atoms with E-state index in [0.717, 1.165) is 36.5 Å². The number of nitrogens with zero attached hydrogens (tertiary/aromatic N) is 2. The van der Waals surface area contributed by atoms with Crippen LogP contribution in [-0.4, -0.2) is 55.7 Å². The first-order chi connectivity index (χ1) is 8.78. The van der Waals surface area contributed by atoms with Crippen LogP contribution in [0.2, 0.25) is 0 Å². The fourth-order valence-corrected chi connectivity index (χ4v) is 2.42. The van der Waals surface area contributed by atoms with Crippen LogP contribution in [0.25, 0.3) is 0 Å². The van der Waals surface area contributed by atoms with Gasteiger partial charge in [-0.2, -0.15) is 0 Å². The zero-order valence-corrected chi connectivity index (χ0v) is 12.5. The quantitative estimate of drug-likeness (QED) is 0.830. The van der Waals surface area contributed by atoms with E-state index in [2.05, 4.69) is 32.7 Å². The topological polar surface area (TPSA) is 15.7 Å². The van der Waals surface area contributed by atoms with Crippen molar-refractivity contribution in [2.24, 2.45) is 0 Å². The average molecular weight is 313 g/mol. The van der Waals surface area contributed by atoms with Gasteiger partial charge in [-0.15, -0.1) is 0 Å². The number of benzene rings is 1. The van der Waals surface area contributed by atoms with Gasteiger partial charge in [-0.3, -0.25) is 4.90 Å². The molecule has 1 aliphatic heterocycles. The molecule has 2 rings (SSSR count). The average Bonchev–Trinajstić information content (AvgIpc) is 2.42. The summed E-state index contributed by atoms with van der Waals surface area (Å²) in [7, 11) is 0. The molecule has 0 amide bonds. The molecular formula is C14H21BrN2O. The van der Waals surface area contributed by atoms with Gasteiger partial charge in [0.1, 0.15) is 12.4 Å². The Balaban J connectivity index is 1.65. The Hall–Kier alpha value is -0.580. The first-order valence-corrected chi connectivity index (χ1v) is 7.40. The number of hydrogen-bond acceptors (Lipinski definition) is 3. The zero-order chi connectivity index (χ0) is 12.8. The molecule has 0 aromatic heterocycles. The Kier molecular flexibility index (Phi) is 5.47. The molecule has 0 bridgehead atoms. The second-order valence-corrected chi connectivity index (χ2v) is 5.49. The van der Waals surface area contributed by atoms with Crippen LogP contribution in [0, 0.1) is 0 Å². The van der Waals surface area contributed by atoms with Crippen molar-refractivity contribution in [3.8, 4) is 5.75 Å². The van der Waals surface area contributed by atoms with Crippen LogP contribution < -0.4 is 4.74 Å². The lowest BCUT2D eigenvalue weighted by Crippen LogP contribution is -2.47. The van der Waals surface area contributed by atoms with Gasteiger partial charge in [-0.05, 0) is 30.8 Å². The molecule has 1 aromatic carbocycles. The minimum absolute atomic E-state index is 0.772. The Bertz CT molecular complexity index is 347. The van der Waals surface area contributed by atoms with Gasteiger partial charge in [0, 0.05) is 37.2 Å². The number of hydrogen-bond donors (Lipinski definition) is 0. The molecule has 0 unspecified atom stereocenters. The van der Waals surface area contributed by atoms with E-state index in [4.69, 9.17) is 4.74 Å². The number of likely N-dealkylation sites (N-methyl/N-ethyl adjacent to an activating group) is 1. The number of rotatable bonds is 5. The maximum atomic E-state index is 5.74. The van der Waals surface area contributed by atoms with Gasteiger partial charge in [0.05, 0.1) is 0 Å². The molecule has 1 heterocycles. The molecule has 3 nitrogen and oxygen atoms in total. The van der Waals surface area contributed by atoms with Crippen molar-refractivity contribution in [2.75, 3.05) is 45.9 Å². The lowest BCUT2D eigenvalue weighted by Gasteiger charge is -2.33. The van der Waals surface area contributed by atoms with Crippen molar-refractivity contribution in [3.05, 3.63) is 28.7 Å². The Labute approximate surface area is 118 Å². The molecular weight excluding hydrogens is 292 g/mol. The highest BCUT2D eigenvalue weighted by Crippen LogP contribution is 2.16. The summed E-state index contributed by atoms with van der Waals surface area (Å²) in [4.78, 5) is 4.97. The fraction of sp³-hybridized carbons (Fsp3) is 0.571. The molecule has 0 atom stereocenters. The van der Waals surface area contributed by atoms with Crippen molar-refractivity contribution in [3.63, 3.8) is 0 Å². The number of ether oxygens (including phenoxy) is 1. The lowest BCUT2D eigenvalue weighted by atomic mass is 10.3. The Morgan fingerprint density at radius 2 is 1.67 bits per heavy atom. The van der Waals surface area contributed by atoms with Gasteiger partial charge in [-0.1, -0.05) is 22.9 Å². The SMILES string of the molecule is CCN1CCN(CCOc2ccc(Br)cc2)CC1. The monoisotopic (exact) mass is 312 g/mol. The minimum Gasteiger partial charge on any atom is -0.492 e. The van der Waals surface area contributed by atoms with Gasteiger partial charge in [0.25, 0.3) is 0 Å². The van der Waals surface area contributed by atoms with E-state index in [0.29, 0.717) is 0 Å². The molecule has 1 fully saturated rings. The first kappa shape index (κ1) is 13.8. The van der Waals surface area contributed by atoms with Crippen LogP contribution >= 0.6 is 15.9 Å². The summed E-state index contributed by atoms with van der Waals surface area (Å²) in [6.07, 6.45) is 0. The van der Waals surface area contributed by atoms with Crippen LogP contribution in [0.15, 0.2) is 28.7 Å². The van der Waals surface area contributed by atoms with Crippen LogP contribution in [0.4, 0.5) is 0 Å². The molecule has 1 saturated heterocycles. The van der Waals surface area contributed by atoms with Gasteiger partial charge in [-0.25, -0.2) is 0 Å². The molecule has 0 radical (unpaired) electrons. The van der Waals surface area contributed by atoms with Crippen molar-refractivity contribution >= 4 is 15.9 Å². The third-order valence-corrected chi connectivity index (χ3v) is 3.93. The fourth-order valence-electron chi connectivity index (χ4n) is 2.15. The normalized spacial score (nSPS) is 17.9. The third kappa shape index (κ3) is 4.26. The molecule has 0 N–H and O–H groups in total. The van der Waals surface area contributed by atoms with Gasteiger partial charge in [0.2, 0.25) is 0 Å². The minimum atomic E-state index is 0.772. The third-order valence-electron chi connectivity index (χ3n) is 3.40. The summed E-state index contributed by atoms with van der Waals surface area (Å²) >= 11 is 3.42. The summed E-state index contributed by atoms with van der Waals surface area (Å²) in [5.74, 6) is 0.949. The van der Waals surface area contributed by atoms with E-state index in [-0.39, 0.29) is 0 Å². The molecule has 4 heteroatoms. The lowest BCUT2D eigenvalue weighted by molar-refractivity contribution is 0.121. The second-order valence-electron chi connectivity index (χ2n) is 4.58. The van der Waals surface area contributed by atoms with Crippen LogP contribution in [0.1, 0.15) is 6.92 Å². The Morgan fingerprint density at radius 3 is 2.28 bits per heavy atom. The van der Waals surface area contributed by atoms with Crippen LogP contribution in [0.5, 0.6) is 5.75 Å². The summed E-state index contributed by atoms with van der Waals surface area (Å²) < 4.78 is 6.83. The molecule has 1 aromatic rings. The highest BCUT2D eigenvalue weighted by Gasteiger charge is 2.14. The van der Waals surface area contributed by atoms with Crippen molar-refractivity contribution < 1.29 is 4.74 Å². The predicted molar refractivity (Wildman–Crippen MR) is 78.2 cm³/mol. The number of piperazine rings is 1. The van der Waals surface area contributed by atoms with Gasteiger partial charge in [0.15, 0.2) is 0 Å². The van der Waals surface area contributed by atoms with Crippen molar-refractivity contribution in [2.45, 2.75) is 6.92 Å². The summed E-state index contributed by atoms with van der Waals surface area (Å²) in [6, 6.07) is 8.02. The first-order valence-electron chi connectivity index (χ1n) is 6.61. The molecule has 0 aliphatic carbocycles. The smallest absolute Gasteiger partial charge is 0.119 e. The van der Waals surface area contributed by atoms with Gasteiger partial charge < -0.3 is 9.64 Å². The maximum Gasteiger partial charge on any atom is 0.119 e. The van der Waals surface area contributed by atoms with E-state index in [1.54, 1.807) is 0 Å². The zero-order valence-electron chi connectivity index (χ0n) is 10.9. The Morgan fingerprint density at radius 1 is 1.06 bits per heavy atom. The molecule has 18 heavy (non-hydrogen) atoms. The predicted octanol–water partition coefficient (Wildman–Crippen LogP) is 2.47. The second kappa shape index (κ2) is 7.12. The van der Waals surface area contributed by atoms with Crippen molar-refractivity contribution in [1.82, 2.24) is 9.80 Å². The van der Waals surface area contributed by atoms with Gasteiger partial charge >= 0.3 is 0 Å². The molecule has 1 aliphatic rings. The summed E-state index contributed by atoms with van der Waals surface area (Å²) in [6.45, 7) is 9.90. The standard InChI is InChI=1S/C14H21BrN2O/c1-2-16-7-9-17(10-8-16)11-12-18-14-5-3-13(15)4-6-14/h3-6H,2,7-12H2,1H3. The molecule has 100 valence electrons. The highest BCUT2D eigenvalue weighted by molar-refractivity contribution is 9.10. The largest absolute Gasteiger partial charge is 0.492 e. The highest BCUT2D eigenvalue weighted by atomic mass is 79.9. The van der Waals surface area contributed by atoms with E-state index < -0.39 is 0 Å². The van der Waals surface area contributed by atoms with E-state index in [1.807, 2.05) is 24.3 Å². The molecule has 0 saturated carbocycles. The summed E-state index contributed by atoms with van der Waals surface area (Å²) in [5.41, 5.74) is 0. The van der Waals surface area contributed by atoms with E-state index in [9.17, 15) is 0 Å².